The Kier molecular flexibility index (Phi) is 5.73. The van der Waals surface area contributed by atoms with Gasteiger partial charge in [0.05, 0.1) is 0 Å². The van der Waals surface area contributed by atoms with Crippen molar-refractivity contribution in [1.82, 2.24) is 10.2 Å². The Morgan fingerprint density at radius 1 is 1.25 bits per heavy atom. The maximum atomic E-state index is 9.06. The highest BCUT2D eigenvalue weighted by Crippen LogP contribution is 2.21. The van der Waals surface area contributed by atoms with E-state index in [1.807, 2.05) is 0 Å². The van der Waals surface area contributed by atoms with Crippen LogP contribution in [0.4, 0.5) is 0 Å². The van der Waals surface area contributed by atoms with Crippen LogP contribution in [-0.2, 0) is 0 Å². The van der Waals surface area contributed by atoms with Gasteiger partial charge in [-0.1, -0.05) is 20.8 Å². The van der Waals surface area contributed by atoms with E-state index in [0.717, 1.165) is 19.5 Å². The Labute approximate surface area is 100 Å². The lowest BCUT2D eigenvalue weighted by molar-refractivity contribution is 0.192. The molecule has 1 heterocycles. The van der Waals surface area contributed by atoms with Gasteiger partial charge in [0, 0.05) is 25.7 Å². The molecule has 0 aromatic rings. The summed E-state index contributed by atoms with van der Waals surface area (Å²) in [5, 5.41) is 12.6. The summed E-state index contributed by atoms with van der Waals surface area (Å²) in [7, 11) is 0. The first-order chi connectivity index (χ1) is 7.54. The molecule has 0 aromatic heterocycles. The molecule has 96 valence electrons. The van der Waals surface area contributed by atoms with Crippen LogP contribution in [0.25, 0.3) is 0 Å². The van der Waals surface area contributed by atoms with E-state index >= 15 is 0 Å². The average Bonchev–Trinajstić information content (AvgIpc) is 2.67. The van der Waals surface area contributed by atoms with E-state index in [9.17, 15) is 0 Å². The fourth-order valence-corrected chi connectivity index (χ4v) is 2.37. The van der Waals surface area contributed by atoms with Gasteiger partial charge in [0.25, 0.3) is 0 Å². The molecule has 1 saturated heterocycles. The Bertz CT molecular complexity index is 183. The molecule has 3 nitrogen and oxygen atoms in total. The molecule has 0 aromatic carbocycles. The Hall–Kier alpha value is -0.120. The first-order valence-corrected chi connectivity index (χ1v) is 6.60. The number of hydrogen-bond donors (Lipinski definition) is 2. The maximum absolute atomic E-state index is 9.06. The van der Waals surface area contributed by atoms with Gasteiger partial charge >= 0.3 is 0 Å². The standard InChI is InChI=1S/C13H28N2O/c1-13(2,3)12(6-11-16)14-7-10-15-8-4-5-9-15/h12,14,16H,4-11H2,1-3H3. The maximum Gasteiger partial charge on any atom is 0.0446 e. The summed E-state index contributed by atoms with van der Waals surface area (Å²) in [6.45, 7) is 11.7. The number of nitrogens with zero attached hydrogens (tertiary/aromatic N) is 1. The quantitative estimate of drug-likeness (QED) is 0.722. The summed E-state index contributed by atoms with van der Waals surface area (Å²) in [5.74, 6) is 0. The SMILES string of the molecule is CC(C)(C)C(CCO)NCCN1CCCC1. The minimum Gasteiger partial charge on any atom is -0.396 e. The molecule has 0 saturated carbocycles. The Balaban J connectivity index is 2.21. The van der Waals surface area contributed by atoms with E-state index in [1.54, 1.807) is 0 Å². The van der Waals surface area contributed by atoms with Crippen LogP contribution < -0.4 is 5.32 Å². The fourth-order valence-electron chi connectivity index (χ4n) is 2.37. The topological polar surface area (TPSA) is 35.5 Å². The molecule has 1 aliphatic heterocycles. The number of likely N-dealkylation sites (tertiary alicyclic amines) is 1. The highest BCUT2D eigenvalue weighted by atomic mass is 16.3. The molecule has 1 fully saturated rings. The molecule has 0 bridgehead atoms. The van der Waals surface area contributed by atoms with Crippen molar-refractivity contribution in [1.29, 1.82) is 0 Å². The highest BCUT2D eigenvalue weighted by molar-refractivity contribution is 4.80. The van der Waals surface area contributed by atoms with Crippen LogP contribution in [0, 0.1) is 5.41 Å². The van der Waals surface area contributed by atoms with Crippen LogP contribution in [-0.4, -0.2) is 48.8 Å². The Morgan fingerprint density at radius 2 is 1.88 bits per heavy atom. The summed E-state index contributed by atoms with van der Waals surface area (Å²) in [6, 6.07) is 0.417. The van der Waals surface area contributed by atoms with Crippen LogP contribution in [0.5, 0.6) is 0 Å². The van der Waals surface area contributed by atoms with E-state index in [2.05, 4.69) is 31.0 Å². The van der Waals surface area contributed by atoms with Gasteiger partial charge in [-0.2, -0.15) is 0 Å². The molecular weight excluding hydrogens is 200 g/mol. The largest absolute Gasteiger partial charge is 0.396 e. The molecule has 3 heteroatoms. The molecule has 16 heavy (non-hydrogen) atoms. The summed E-state index contributed by atoms with van der Waals surface area (Å²) >= 11 is 0. The zero-order valence-electron chi connectivity index (χ0n) is 11.1. The van der Waals surface area contributed by atoms with Crippen molar-refractivity contribution in [3.8, 4) is 0 Å². The van der Waals surface area contributed by atoms with Crippen LogP contribution in [0.1, 0.15) is 40.0 Å². The normalized spacial score (nSPS) is 20.2. The summed E-state index contributed by atoms with van der Waals surface area (Å²) in [4.78, 5) is 2.52. The highest BCUT2D eigenvalue weighted by Gasteiger charge is 2.23. The number of hydrogen-bond acceptors (Lipinski definition) is 3. The second kappa shape index (κ2) is 6.58. The summed E-state index contributed by atoms with van der Waals surface area (Å²) < 4.78 is 0. The van der Waals surface area contributed by atoms with Gasteiger partial charge in [-0.15, -0.1) is 0 Å². The van der Waals surface area contributed by atoms with Crippen molar-refractivity contribution in [2.45, 2.75) is 46.1 Å². The first-order valence-electron chi connectivity index (χ1n) is 6.60. The summed E-state index contributed by atoms with van der Waals surface area (Å²) in [5.41, 5.74) is 0.230. The second-order valence-electron chi connectivity index (χ2n) is 5.93. The Morgan fingerprint density at radius 3 is 2.38 bits per heavy atom. The van der Waals surface area contributed by atoms with Gasteiger partial charge in [0.2, 0.25) is 0 Å². The van der Waals surface area contributed by atoms with Gasteiger partial charge in [0.1, 0.15) is 0 Å². The second-order valence-corrected chi connectivity index (χ2v) is 5.93. The van der Waals surface area contributed by atoms with Crippen LogP contribution >= 0.6 is 0 Å². The predicted molar refractivity (Wildman–Crippen MR) is 68.6 cm³/mol. The number of aliphatic hydroxyl groups is 1. The first kappa shape index (κ1) is 13.9. The van der Waals surface area contributed by atoms with Gasteiger partial charge in [-0.05, 0) is 37.8 Å². The fraction of sp³-hybridized carbons (Fsp3) is 1.00. The zero-order chi connectivity index (χ0) is 12.0. The van der Waals surface area contributed by atoms with Crippen molar-refractivity contribution in [3.05, 3.63) is 0 Å². The smallest absolute Gasteiger partial charge is 0.0446 e. The molecule has 0 radical (unpaired) electrons. The minimum absolute atomic E-state index is 0.230. The third kappa shape index (κ3) is 4.81. The molecule has 0 amide bonds. The molecule has 0 spiro atoms. The van der Waals surface area contributed by atoms with E-state index < -0.39 is 0 Å². The molecule has 2 N–H and O–H groups in total. The molecule has 1 unspecified atom stereocenters. The number of rotatable bonds is 6. The van der Waals surface area contributed by atoms with Crippen molar-refractivity contribution < 1.29 is 5.11 Å². The van der Waals surface area contributed by atoms with Crippen molar-refractivity contribution in [2.75, 3.05) is 32.8 Å². The molecule has 1 aliphatic rings. The molecule has 1 atom stereocenters. The van der Waals surface area contributed by atoms with E-state index in [0.29, 0.717) is 6.04 Å². The molecule has 1 rings (SSSR count). The van der Waals surface area contributed by atoms with Gasteiger partial charge in [-0.25, -0.2) is 0 Å². The lowest BCUT2D eigenvalue weighted by Crippen LogP contribution is -2.44. The average molecular weight is 228 g/mol. The number of nitrogens with one attached hydrogen (secondary N) is 1. The third-order valence-corrected chi connectivity index (χ3v) is 3.48. The van der Waals surface area contributed by atoms with Gasteiger partial charge in [-0.3, -0.25) is 0 Å². The van der Waals surface area contributed by atoms with E-state index in [1.165, 1.54) is 25.9 Å². The monoisotopic (exact) mass is 228 g/mol. The summed E-state index contributed by atoms with van der Waals surface area (Å²) in [6.07, 6.45) is 3.57. The van der Waals surface area contributed by atoms with Crippen molar-refractivity contribution in [2.24, 2.45) is 5.41 Å². The van der Waals surface area contributed by atoms with Crippen molar-refractivity contribution >= 4 is 0 Å². The lowest BCUT2D eigenvalue weighted by atomic mass is 9.85. The van der Waals surface area contributed by atoms with Gasteiger partial charge < -0.3 is 15.3 Å². The third-order valence-electron chi connectivity index (χ3n) is 3.48. The predicted octanol–water partition coefficient (Wildman–Crippen LogP) is 1.47. The van der Waals surface area contributed by atoms with Crippen LogP contribution in [0.3, 0.4) is 0 Å². The number of aliphatic hydroxyl groups excluding tert-OH is 1. The zero-order valence-corrected chi connectivity index (χ0v) is 11.1. The van der Waals surface area contributed by atoms with E-state index in [4.69, 9.17) is 5.11 Å². The van der Waals surface area contributed by atoms with Crippen LogP contribution in [0.2, 0.25) is 0 Å². The molecule has 0 aliphatic carbocycles. The van der Waals surface area contributed by atoms with E-state index in [-0.39, 0.29) is 12.0 Å². The molecular formula is C13H28N2O. The van der Waals surface area contributed by atoms with Crippen LogP contribution in [0.15, 0.2) is 0 Å². The van der Waals surface area contributed by atoms with Gasteiger partial charge in [0.15, 0.2) is 0 Å². The van der Waals surface area contributed by atoms with Crippen molar-refractivity contribution in [3.63, 3.8) is 0 Å². The minimum atomic E-state index is 0.230. The lowest BCUT2D eigenvalue weighted by Gasteiger charge is -2.32.